The normalized spacial score (nSPS) is 8.29. The summed E-state index contributed by atoms with van der Waals surface area (Å²) in [5.41, 5.74) is 1.38. The quantitative estimate of drug-likeness (QED) is 0.501. The molecule has 0 aromatic rings. The number of rotatable bonds is 4. The van der Waals surface area contributed by atoms with Crippen LogP contribution in [0.4, 0.5) is 0 Å². The third kappa shape index (κ3) is 22.6. The molecule has 0 saturated carbocycles. The zero-order valence-electron chi connectivity index (χ0n) is 11.6. The van der Waals surface area contributed by atoms with Gasteiger partial charge in [0.05, 0.1) is 0 Å². The Morgan fingerprint density at radius 2 is 1.29 bits per heavy atom. The minimum absolute atomic E-state index is 0.676. The summed E-state index contributed by atoms with van der Waals surface area (Å²) >= 11 is 0. The van der Waals surface area contributed by atoms with E-state index in [-0.39, 0.29) is 0 Å². The molecule has 0 aliphatic rings. The lowest BCUT2D eigenvalue weighted by Crippen LogP contribution is -1.90. The molecule has 0 N–H and O–H groups in total. The monoisotopic (exact) mass is 200 g/mol. The van der Waals surface area contributed by atoms with Gasteiger partial charge in [0.1, 0.15) is 0 Å². The smallest absolute Gasteiger partial charge is 0.0263 e. The molecule has 0 fully saturated rings. The van der Waals surface area contributed by atoms with E-state index < -0.39 is 0 Å². The Balaban J connectivity index is -0.000000170. The van der Waals surface area contributed by atoms with E-state index in [1.54, 1.807) is 0 Å². The van der Waals surface area contributed by atoms with Crippen LogP contribution in [0, 0.1) is 5.92 Å². The molecule has 0 rings (SSSR count). The first kappa shape index (κ1) is 19.3. The fourth-order valence-electron chi connectivity index (χ4n) is 0.610. The Morgan fingerprint density at radius 1 is 0.929 bits per heavy atom. The van der Waals surface area contributed by atoms with Crippen LogP contribution in [0.2, 0.25) is 0 Å². The molecule has 0 aromatic heterocycles. The second-order valence-electron chi connectivity index (χ2n) is 3.56. The van der Waals surface area contributed by atoms with Crippen molar-refractivity contribution in [3.05, 3.63) is 12.2 Å². The minimum atomic E-state index is 0.676. The summed E-state index contributed by atoms with van der Waals surface area (Å²) < 4.78 is 0. The summed E-state index contributed by atoms with van der Waals surface area (Å²) in [5.74, 6) is 0.676. The van der Waals surface area contributed by atoms with E-state index >= 15 is 0 Å². The maximum Gasteiger partial charge on any atom is -0.0263 e. The molecule has 0 heterocycles. The second-order valence-corrected chi connectivity index (χ2v) is 3.56. The van der Waals surface area contributed by atoms with Crippen LogP contribution < -0.4 is 0 Å². The molecular weight excluding hydrogens is 168 g/mol. The SMILES string of the molecule is C=C(CCC)C(C)C.CC.CCCC. The molecule has 0 saturated heterocycles. The number of unbranched alkanes of at least 4 members (excludes halogenated alkanes) is 1. The average molecular weight is 200 g/mol. The Kier molecular flexibility index (Phi) is 25.6. The van der Waals surface area contributed by atoms with E-state index in [1.807, 2.05) is 13.8 Å². The van der Waals surface area contributed by atoms with E-state index in [2.05, 4.69) is 41.2 Å². The van der Waals surface area contributed by atoms with Crippen LogP contribution in [-0.2, 0) is 0 Å². The molecule has 88 valence electrons. The summed E-state index contributed by atoms with van der Waals surface area (Å²) in [6.07, 6.45) is 5.06. The summed E-state index contributed by atoms with van der Waals surface area (Å²) in [4.78, 5) is 0. The fraction of sp³-hybridized carbons (Fsp3) is 0.857. The predicted octanol–water partition coefficient (Wildman–Crippen LogP) is 5.83. The lowest BCUT2D eigenvalue weighted by Gasteiger charge is -2.05. The predicted molar refractivity (Wildman–Crippen MR) is 70.8 cm³/mol. The third-order valence-corrected chi connectivity index (χ3v) is 1.89. The van der Waals surface area contributed by atoms with E-state index in [0.29, 0.717) is 5.92 Å². The molecule has 0 spiro atoms. The van der Waals surface area contributed by atoms with Gasteiger partial charge in [-0.2, -0.15) is 0 Å². The number of hydrogen-bond donors (Lipinski definition) is 0. The van der Waals surface area contributed by atoms with Gasteiger partial charge in [-0.1, -0.05) is 79.9 Å². The molecular formula is C14H32. The van der Waals surface area contributed by atoms with Gasteiger partial charge in [0, 0.05) is 0 Å². The van der Waals surface area contributed by atoms with Crippen molar-refractivity contribution < 1.29 is 0 Å². The Morgan fingerprint density at radius 3 is 1.36 bits per heavy atom. The van der Waals surface area contributed by atoms with Gasteiger partial charge in [0.2, 0.25) is 0 Å². The van der Waals surface area contributed by atoms with Gasteiger partial charge in [0.25, 0.3) is 0 Å². The summed E-state index contributed by atoms with van der Waals surface area (Å²) in [7, 11) is 0. The lowest BCUT2D eigenvalue weighted by atomic mass is 10.0. The van der Waals surface area contributed by atoms with Crippen LogP contribution >= 0.6 is 0 Å². The molecule has 14 heavy (non-hydrogen) atoms. The van der Waals surface area contributed by atoms with Crippen LogP contribution in [-0.4, -0.2) is 0 Å². The highest BCUT2D eigenvalue weighted by atomic mass is 14.0. The van der Waals surface area contributed by atoms with Crippen molar-refractivity contribution in [3.63, 3.8) is 0 Å². The summed E-state index contributed by atoms with van der Waals surface area (Å²) in [5, 5.41) is 0. The first-order valence-electron chi connectivity index (χ1n) is 6.27. The molecule has 0 heteroatoms. The van der Waals surface area contributed by atoms with Crippen molar-refractivity contribution in [2.24, 2.45) is 5.92 Å². The molecule has 0 nitrogen and oxygen atoms in total. The standard InChI is InChI=1S/C8H16.C4H10.C2H6/c1-5-6-8(4)7(2)3;1-3-4-2;1-2/h7H,4-6H2,1-3H3;3-4H2,1-2H3;1-2H3. The second kappa shape index (κ2) is 18.5. The van der Waals surface area contributed by atoms with Crippen LogP contribution in [0.5, 0.6) is 0 Å². The number of allylic oxidation sites excluding steroid dienone is 1. The van der Waals surface area contributed by atoms with Crippen LogP contribution in [0.1, 0.15) is 74.1 Å². The molecule has 0 aliphatic carbocycles. The topological polar surface area (TPSA) is 0 Å². The van der Waals surface area contributed by atoms with Gasteiger partial charge < -0.3 is 0 Å². The highest BCUT2D eigenvalue weighted by Gasteiger charge is 1.95. The van der Waals surface area contributed by atoms with Gasteiger partial charge in [-0.05, 0) is 12.3 Å². The zero-order chi connectivity index (χ0) is 12.0. The van der Waals surface area contributed by atoms with Gasteiger partial charge in [-0.3, -0.25) is 0 Å². The van der Waals surface area contributed by atoms with E-state index in [0.717, 1.165) is 0 Å². The lowest BCUT2D eigenvalue weighted by molar-refractivity contribution is 0.706. The van der Waals surface area contributed by atoms with Crippen LogP contribution in [0.25, 0.3) is 0 Å². The molecule has 0 amide bonds. The van der Waals surface area contributed by atoms with Gasteiger partial charge in [0.15, 0.2) is 0 Å². The van der Waals surface area contributed by atoms with E-state index in [4.69, 9.17) is 0 Å². The molecule has 0 unspecified atom stereocenters. The Labute approximate surface area is 92.8 Å². The maximum absolute atomic E-state index is 3.94. The largest absolute Gasteiger partial charge is 0.0996 e. The highest BCUT2D eigenvalue weighted by molar-refractivity contribution is 4.96. The first-order valence-corrected chi connectivity index (χ1v) is 6.27. The van der Waals surface area contributed by atoms with Crippen LogP contribution in [0.3, 0.4) is 0 Å². The van der Waals surface area contributed by atoms with Crippen LogP contribution in [0.15, 0.2) is 12.2 Å². The minimum Gasteiger partial charge on any atom is -0.0996 e. The van der Waals surface area contributed by atoms with E-state index in [1.165, 1.54) is 31.3 Å². The Bertz CT molecular complexity index is 88.2. The molecule has 0 atom stereocenters. The van der Waals surface area contributed by atoms with Crippen molar-refractivity contribution in [2.45, 2.75) is 74.1 Å². The van der Waals surface area contributed by atoms with Crippen molar-refractivity contribution in [2.75, 3.05) is 0 Å². The molecule has 0 radical (unpaired) electrons. The Hall–Kier alpha value is -0.260. The zero-order valence-corrected chi connectivity index (χ0v) is 11.6. The average Bonchev–Trinajstić information content (AvgIpc) is 2.21. The van der Waals surface area contributed by atoms with Crippen molar-refractivity contribution in [1.82, 2.24) is 0 Å². The fourth-order valence-corrected chi connectivity index (χ4v) is 0.610. The molecule has 0 aliphatic heterocycles. The van der Waals surface area contributed by atoms with Gasteiger partial charge in [-0.15, -0.1) is 0 Å². The first-order chi connectivity index (χ1) is 6.59. The summed E-state index contributed by atoms with van der Waals surface area (Å²) in [6, 6.07) is 0. The van der Waals surface area contributed by atoms with Gasteiger partial charge in [-0.25, -0.2) is 0 Å². The molecule has 0 bridgehead atoms. The maximum atomic E-state index is 3.94. The highest BCUT2D eigenvalue weighted by Crippen LogP contribution is 2.11. The van der Waals surface area contributed by atoms with Gasteiger partial charge >= 0.3 is 0 Å². The van der Waals surface area contributed by atoms with E-state index in [9.17, 15) is 0 Å². The third-order valence-electron chi connectivity index (χ3n) is 1.89. The van der Waals surface area contributed by atoms with Crippen molar-refractivity contribution in [3.8, 4) is 0 Å². The molecule has 0 aromatic carbocycles. The van der Waals surface area contributed by atoms with Crippen molar-refractivity contribution >= 4 is 0 Å². The number of hydrogen-bond acceptors (Lipinski definition) is 0. The summed E-state index contributed by atoms with van der Waals surface area (Å²) in [6.45, 7) is 18.9. The van der Waals surface area contributed by atoms with Crippen molar-refractivity contribution in [1.29, 1.82) is 0 Å².